The molecule has 0 aromatic carbocycles. The smallest absolute Gasteiger partial charge is 0.244 e. The van der Waals surface area contributed by atoms with Gasteiger partial charge in [-0.1, -0.05) is 20.8 Å². The van der Waals surface area contributed by atoms with E-state index in [1.807, 2.05) is 25.7 Å². The second-order valence-corrected chi connectivity index (χ2v) is 7.70. The summed E-state index contributed by atoms with van der Waals surface area (Å²) >= 11 is 0. The van der Waals surface area contributed by atoms with E-state index in [1.165, 1.54) is 6.42 Å². The van der Waals surface area contributed by atoms with Crippen molar-refractivity contribution < 1.29 is 9.59 Å². The quantitative estimate of drug-likeness (QED) is 0.807. The van der Waals surface area contributed by atoms with Crippen LogP contribution in [0.3, 0.4) is 0 Å². The molecule has 0 radical (unpaired) electrons. The maximum atomic E-state index is 12.5. The Morgan fingerprint density at radius 1 is 1.18 bits per heavy atom. The first-order valence-electron chi connectivity index (χ1n) is 8.04. The van der Waals surface area contributed by atoms with E-state index in [0.717, 1.165) is 39.0 Å². The Bertz CT molecular complexity index is 404. The SMILES string of the molecule is CC(NC(=O)C(C)(C)C)C(=O)N1CCC2(CCNC2)CC1.Cl. The number of hydrogen-bond donors (Lipinski definition) is 2. The zero-order chi connectivity index (χ0) is 15.7. The van der Waals surface area contributed by atoms with Gasteiger partial charge in [-0.15, -0.1) is 12.4 Å². The Hall–Kier alpha value is -0.810. The van der Waals surface area contributed by atoms with E-state index < -0.39 is 11.5 Å². The van der Waals surface area contributed by atoms with Crippen LogP contribution in [0.4, 0.5) is 0 Å². The number of rotatable bonds is 2. The summed E-state index contributed by atoms with van der Waals surface area (Å²) in [4.78, 5) is 26.3. The molecular weight excluding hydrogens is 302 g/mol. The third-order valence-corrected chi connectivity index (χ3v) is 4.87. The lowest BCUT2D eigenvalue weighted by molar-refractivity contribution is -0.139. The summed E-state index contributed by atoms with van der Waals surface area (Å²) in [7, 11) is 0. The molecule has 2 rings (SSSR count). The Labute approximate surface area is 140 Å². The first-order valence-corrected chi connectivity index (χ1v) is 8.04. The van der Waals surface area contributed by atoms with Gasteiger partial charge in [0.2, 0.25) is 11.8 Å². The summed E-state index contributed by atoms with van der Waals surface area (Å²) in [5.74, 6) is -0.0229. The number of halogens is 1. The molecule has 2 heterocycles. The summed E-state index contributed by atoms with van der Waals surface area (Å²) in [5.41, 5.74) is -0.0509. The standard InChI is InChI=1S/C16H29N3O2.ClH/c1-12(18-14(21)15(2,3)4)13(20)19-9-6-16(7-10-19)5-8-17-11-16;/h12,17H,5-11H2,1-4H3,(H,18,21);1H. The summed E-state index contributed by atoms with van der Waals surface area (Å²) in [6.45, 7) is 11.2. The van der Waals surface area contributed by atoms with Crippen molar-refractivity contribution in [3.8, 4) is 0 Å². The molecule has 0 saturated carbocycles. The third-order valence-electron chi connectivity index (χ3n) is 4.87. The van der Waals surface area contributed by atoms with E-state index in [2.05, 4.69) is 10.6 Å². The average molecular weight is 332 g/mol. The van der Waals surface area contributed by atoms with Crippen molar-refractivity contribution in [3.05, 3.63) is 0 Å². The van der Waals surface area contributed by atoms with Crippen molar-refractivity contribution >= 4 is 24.2 Å². The topological polar surface area (TPSA) is 61.4 Å². The van der Waals surface area contributed by atoms with Gasteiger partial charge in [0.1, 0.15) is 6.04 Å². The Kier molecular flexibility index (Phi) is 6.27. The van der Waals surface area contributed by atoms with Crippen LogP contribution in [0.5, 0.6) is 0 Å². The molecule has 0 aromatic heterocycles. The number of nitrogens with zero attached hydrogens (tertiary/aromatic N) is 1. The summed E-state index contributed by atoms with van der Waals surface area (Å²) in [6.07, 6.45) is 3.38. The molecule has 0 aromatic rings. The van der Waals surface area contributed by atoms with Crippen molar-refractivity contribution in [3.63, 3.8) is 0 Å². The molecule has 2 amide bonds. The van der Waals surface area contributed by atoms with Gasteiger partial charge in [-0.3, -0.25) is 9.59 Å². The normalized spacial score (nSPS) is 22.1. The van der Waals surface area contributed by atoms with Gasteiger partial charge in [-0.05, 0) is 38.1 Å². The van der Waals surface area contributed by atoms with Crippen LogP contribution in [-0.2, 0) is 9.59 Å². The van der Waals surface area contributed by atoms with E-state index in [4.69, 9.17) is 0 Å². The molecule has 5 nitrogen and oxygen atoms in total. The monoisotopic (exact) mass is 331 g/mol. The van der Waals surface area contributed by atoms with Crippen LogP contribution in [0.1, 0.15) is 47.0 Å². The molecule has 2 aliphatic heterocycles. The molecule has 0 bridgehead atoms. The van der Waals surface area contributed by atoms with Gasteiger partial charge in [0.05, 0.1) is 0 Å². The number of amides is 2. The average Bonchev–Trinajstić information content (AvgIpc) is 2.86. The molecule has 6 heteroatoms. The molecule has 1 spiro atoms. The minimum atomic E-state index is -0.462. The Morgan fingerprint density at radius 2 is 1.77 bits per heavy atom. The lowest BCUT2D eigenvalue weighted by Gasteiger charge is -2.40. The highest BCUT2D eigenvalue weighted by molar-refractivity contribution is 5.89. The van der Waals surface area contributed by atoms with Gasteiger partial charge in [0.25, 0.3) is 0 Å². The molecule has 128 valence electrons. The highest BCUT2D eigenvalue weighted by Crippen LogP contribution is 2.36. The number of likely N-dealkylation sites (tertiary alicyclic amines) is 1. The molecule has 2 N–H and O–H groups in total. The minimum absolute atomic E-state index is 0. The summed E-state index contributed by atoms with van der Waals surface area (Å²) < 4.78 is 0. The highest BCUT2D eigenvalue weighted by Gasteiger charge is 2.39. The Balaban J connectivity index is 0.00000242. The summed E-state index contributed by atoms with van der Waals surface area (Å²) in [6, 6.07) is -0.438. The first kappa shape index (κ1) is 19.2. The van der Waals surface area contributed by atoms with Crippen LogP contribution < -0.4 is 10.6 Å². The van der Waals surface area contributed by atoms with E-state index >= 15 is 0 Å². The van der Waals surface area contributed by atoms with Gasteiger partial charge in [-0.25, -0.2) is 0 Å². The molecule has 2 saturated heterocycles. The minimum Gasteiger partial charge on any atom is -0.344 e. The number of hydrogen-bond acceptors (Lipinski definition) is 3. The molecular formula is C16H30ClN3O2. The molecule has 2 aliphatic rings. The fourth-order valence-electron chi connectivity index (χ4n) is 3.17. The van der Waals surface area contributed by atoms with Gasteiger partial charge >= 0.3 is 0 Å². The first-order chi connectivity index (χ1) is 9.73. The largest absolute Gasteiger partial charge is 0.344 e. The van der Waals surface area contributed by atoms with Crippen molar-refractivity contribution in [2.75, 3.05) is 26.2 Å². The van der Waals surface area contributed by atoms with Crippen molar-refractivity contribution in [1.82, 2.24) is 15.5 Å². The molecule has 2 fully saturated rings. The van der Waals surface area contributed by atoms with Gasteiger partial charge in [0, 0.05) is 25.0 Å². The van der Waals surface area contributed by atoms with E-state index in [0.29, 0.717) is 5.41 Å². The van der Waals surface area contributed by atoms with Gasteiger partial charge < -0.3 is 15.5 Å². The Morgan fingerprint density at radius 3 is 2.23 bits per heavy atom. The lowest BCUT2D eigenvalue weighted by Crippen LogP contribution is -2.52. The number of nitrogens with one attached hydrogen (secondary N) is 2. The number of carbonyl (C=O) groups is 2. The zero-order valence-electron chi connectivity index (χ0n) is 14.2. The second-order valence-electron chi connectivity index (χ2n) is 7.70. The van der Waals surface area contributed by atoms with E-state index in [1.54, 1.807) is 6.92 Å². The van der Waals surface area contributed by atoms with Crippen LogP contribution in [0.2, 0.25) is 0 Å². The second kappa shape index (κ2) is 7.18. The third kappa shape index (κ3) is 4.35. The molecule has 1 unspecified atom stereocenters. The number of piperidine rings is 1. The fourth-order valence-corrected chi connectivity index (χ4v) is 3.17. The predicted octanol–water partition coefficient (Wildman–Crippen LogP) is 1.56. The predicted molar refractivity (Wildman–Crippen MR) is 90.0 cm³/mol. The van der Waals surface area contributed by atoms with Crippen molar-refractivity contribution in [2.24, 2.45) is 10.8 Å². The van der Waals surface area contributed by atoms with Crippen LogP contribution in [0, 0.1) is 10.8 Å². The van der Waals surface area contributed by atoms with E-state index in [9.17, 15) is 9.59 Å². The molecule has 22 heavy (non-hydrogen) atoms. The maximum Gasteiger partial charge on any atom is 0.244 e. The highest BCUT2D eigenvalue weighted by atomic mass is 35.5. The zero-order valence-corrected chi connectivity index (χ0v) is 15.0. The van der Waals surface area contributed by atoms with Crippen LogP contribution in [0.15, 0.2) is 0 Å². The van der Waals surface area contributed by atoms with Crippen molar-refractivity contribution in [1.29, 1.82) is 0 Å². The van der Waals surface area contributed by atoms with Gasteiger partial charge in [0.15, 0.2) is 0 Å². The van der Waals surface area contributed by atoms with Crippen molar-refractivity contribution in [2.45, 2.75) is 53.0 Å². The van der Waals surface area contributed by atoms with Crippen LogP contribution in [-0.4, -0.2) is 48.9 Å². The molecule has 1 atom stereocenters. The van der Waals surface area contributed by atoms with Crippen LogP contribution in [0.25, 0.3) is 0 Å². The number of carbonyl (C=O) groups excluding carboxylic acids is 2. The maximum absolute atomic E-state index is 12.5. The molecule has 0 aliphatic carbocycles. The van der Waals surface area contributed by atoms with E-state index in [-0.39, 0.29) is 24.2 Å². The fraction of sp³-hybridized carbons (Fsp3) is 0.875. The van der Waals surface area contributed by atoms with Crippen LogP contribution >= 0.6 is 12.4 Å². The lowest BCUT2D eigenvalue weighted by atomic mass is 9.78. The van der Waals surface area contributed by atoms with Gasteiger partial charge in [-0.2, -0.15) is 0 Å². The summed E-state index contributed by atoms with van der Waals surface area (Å²) in [5, 5.41) is 6.27.